The Morgan fingerprint density at radius 3 is 2.95 bits per heavy atom. The zero-order chi connectivity index (χ0) is 13.9. The van der Waals surface area contributed by atoms with Gasteiger partial charge in [-0.25, -0.2) is 4.98 Å². The molecule has 1 saturated carbocycles. The van der Waals surface area contributed by atoms with Crippen LogP contribution in [0.5, 0.6) is 0 Å². The fraction of sp³-hybridized carbons (Fsp3) is 0.500. The van der Waals surface area contributed by atoms with Gasteiger partial charge in [-0.3, -0.25) is 4.57 Å². The molecule has 2 unspecified atom stereocenters. The molecule has 2 atom stereocenters. The summed E-state index contributed by atoms with van der Waals surface area (Å²) in [6.07, 6.45) is 8.37. The van der Waals surface area contributed by atoms with Crippen molar-refractivity contribution in [1.29, 1.82) is 0 Å². The van der Waals surface area contributed by atoms with Crippen LogP contribution in [0.25, 0.3) is 5.95 Å². The summed E-state index contributed by atoms with van der Waals surface area (Å²) in [7, 11) is 1.74. The number of nitrogens with one attached hydrogen (secondary N) is 1. The highest BCUT2D eigenvalue weighted by molar-refractivity contribution is 5.36. The van der Waals surface area contributed by atoms with E-state index < -0.39 is 0 Å². The number of hydrogen-bond acceptors (Lipinski definition) is 7. The van der Waals surface area contributed by atoms with Crippen molar-refractivity contribution in [2.75, 3.05) is 18.2 Å². The molecule has 1 aliphatic rings. The van der Waals surface area contributed by atoms with E-state index in [0.717, 1.165) is 19.3 Å². The van der Waals surface area contributed by atoms with Crippen molar-refractivity contribution in [3.63, 3.8) is 0 Å². The summed E-state index contributed by atoms with van der Waals surface area (Å²) in [5, 5.41) is 3.29. The minimum atomic E-state index is 0.187. The Morgan fingerprint density at radius 2 is 2.25 bits per heavy atom. The summed E-state index contributed by atoms with van der Waals surface area (Å²) in [5.74, 6) is 1.13. The van der Waals surface area contributed by atoms with Gasteiger partial charge in [-0.15, -0.1) is 0 Å². The smallest absolute Gasteiger partial charge is 0.241 e. The monoisotopic (exact) mass is 275 g/mol. The molecule has 2 aromatic rings. The molecule has 20 heavy (non-hydrogen) atoms. The van der Waals surface area contributed by atoms with E-state index in [4.69, 9.17) is 10.5 Å². The number of nitrogens with two attached hydrogens (primary N) is 1. The average molecular weight is 275 g/mol. The van der Waals surface area contributed by atoms with E-state index in [9.17, 15) is 0 Å². The molecule has 8 nitrogen and oxygen atoms in total. The third kappa shape index (κ3) is 2.69. The molecule has 0 radical (unpaired) electrons. The van der Waals surface area contributed by atoms with Gasteiger partial charge in [0.2, 0.25) is 17.8 Å². The number of imidazole rings is 1. The second-order valence-electron chi connectivity index (χ2n) is 4.80. The summed E-state index contributed by atoms with van der Waals surface area (Å²) < 4.78 is 7.05. The standard InChI is InChI=1S/C12H17N7O/c1-20-9-3-2-8(6-9)15-11-16-10(13)17-12(18-11)19-5-4-14-7-19/h4-5,7-9H,2-3,6H2,1H3,(H3,13,15,16,17,18). The van der Waals surface area contributed by atoms with Crippen LogP contribution in [0, 0.1) is 0 Å². The highest BCUT2D eigenvalue weighted by atomic mass is 16.5. The molecule has 0 bridgehead atoms. The number of ether oxygens (including phenoxy) is 1. The molecule has 1 aliphatic carbocycles. The van der Waals surface area contributed by atoms with Crippen molar-refractivity contribution in [3.8, 4) is 5.95 Å². The zero-order valence-electron chi connectivity index (χ0n) is 11.2. The summed E-state index contributed by atoms with van der Waals surface area (Å²) in [6.45, 7) is 0. The van der Waals surface area contributed by atoms with Crippen LogP contribution in [0.3, 0.4) is 0 Å². The lowest BCUT2D eigenvalue weighted by Crippen LogP contribution is -2.20. The quantitative estimate of drug-likeness (QED) is 0.842. The molecule has 3 rings (SSSR count). The van der Waals surface area contributed by atoms with E-state index in [1.165, 1.54) is 0 Å². The minimum Gasteiger partial charge on any atom is -0.381 e. The predicted molar refractivity (Wildman–Crippen MR) is 73.4 cm³/mol. The molecule has 0 saturated heterocycles. The van der Waals surface area contributed by atoms with Crippen LogP contribution in [0.1, 0.15) is 19.3 Å². The normalized spacial score (nSPS) is 22.1. The largest absolute Gasteiger partial charge is 0.381 e. The van der Waals surface area contributed by atoms with E-state index in [0.29, 0.717) is 24.0 Å². The van der Waals surface area contributed by atoms with Crippen LogP contribution in [0.15, 0.2) is 18.7 Å². The summed E-state index contributed by atoms with van der Waals surface area (Å²) >= 11 is 0. The number of methoxy groups -OCH3 is 1. The maximum absolute atomic E-state index is 5.73. The molecule has 0 aromatic carbocycles. The van der Waals surface area contributed by atoms with Crippen molar-refractivity contribution in [3.05, 3.63) is 18.7 Å². The van der Waals surface area contributed by atoms with Crippen LogP contribution in [0.4, 0.5) is 11.9 Å². The zero-order valence-corrected chi connectivity index (χ0v) is 11.2. The molecule has 2 heterocycles. The summed E-state index contributed by atoms with van der Waals surface area (Å²) in [6, 6.07) is 0.303. The lowest BCUT2D eigenvalue weighted by Gasteiger charge is -2.13. The van der Waals surface area contributed by atoms with Crippen LogP contribution in [-0.4, -0.2) is 43.8 Å². The van der Waals surface area contributed by atoms with Gasteiger partial charge in [0.15, 0.2) is 0 Å². The van der Waals surface area contributed by atoms with Crippen LogP contribution in [0.2, 0.25) is 0 Å². The fourth-order valence-corrected chi connectivity index (χ4v) is 2.41. The van der Waals surface area contributed by atoms with Gasteiger partial charge in [0.25, 0.3) is 0 Å². The summed E-state index contributed by atoms with van der Waals surface area (Å²) in [5.41, 5.74) is 5.73. The van der Waals surface area contributed by atoms with E-state index in [2.05, 4.69) is 25.3 Å². The highest BCUT2D eigenvalue weighted by Crippen LogP contribution is 2.24. The first-order valence-electron chi connectivity index (χ1n) is 6.54. The number of anilines is 2. The Hall–Kier alpha value is -2.22. The molecule has 0 aliphatic heterocycles. The minimum absolute atomic E-state index is 0.187. The SMILES string of the molecule is COC1CCC(Nc2nc(N)nc(-n3ccnc3)n2)C1. The van der Waals surface area contributed by atoms with Crippen molar-refractivity contribution in [2.45, 2.75) is 31.4 Å². The predicted octanol–water partition coefficient (Wildman–Crippen LogP) is 0.619. The molecule has 0 amide bonds. The van der Waals surface area contributed by atoms with Gasteiger partial charge >= 0.3 is 0 Å². The van der Waals surface area contributed by atoms with Crippen molar-refractivity contribution >= 4 is 11.9 Å². The molecule has 3 N–H and O–H groups in total. The maximum atomic E-state index is 5.73. The third-order valence-corrected chi connectivity index (χ3v) is 3.43. The number of hydrogen-bond donors (Lipinski definition) is 2. The van der Waals surface area contributed by atoms with Crippen molar-refractivity contribution in [1.82, 2.24) is 24.5 Å². The fourth-order valence-electron chi connectivity index (χ4n) is 2.41. The van der Waals surface area contributed by atoms with Gasteiger partial charge < -0.3 is 15.8 Å². The Kier molecular flexibility index (Phi) is 3.46. The van der Waals surface area contributed by atoms with Crippen molar-refractivity contribution < 1.29 is 4.74 Å². The van der Waals surface area contributed by atoms with Gasteiger partial charge in [0, 0.05) is 25.5 Å². The summed E-state index contributed by atoms with van der Waals surface area (Å²) in [4.78, 5) is 16.5. The Morgan fingerprint density at radius 1 is 1.35 bits per heavy atom. The van der Waals surface area contributed by atoms with Gasteiger partial charge in [0.1, 0.15) is 6.33 Å². The van der Waals surface area contributed by atoms with Gasteiger partial charge in [-0.05, 0) is 19.3 Å². The molecule has 106 valence electrons. The number of rotatable bonds is 4. The lowest BCUT2D eigenvalue weighted by atomic mass is 10.2. The van der Waals surface area contributed by atoms with E-state index >= 15 is 0 Å². The molecular weight excluding hydrogens is 258 g/mol. The Bertz CT molecular complexity index is 571. The number of aromatic nitrogens is 5. The lowest BCUT2D eigenvalue weighted by molar-refractivity contribution is 0.108. The van der Waals surface area contributed by atoms with Gasteiger partial charge in [-0.2, -0.15) is 15.0 Å². The maximum Gasteiger partial charge on any atom is 0.241 e. The van der Waals surface area contributed by atoms with Crippen LogP contribution in [-0.2, 0) is 4.74 Å². The molecule has 0 spiro atoms. The number of nitrogens with zero attached hydrogens (tertiary/aromatic N) is 5. The third-order valence-electron chi connectivity index (χ3n) is 3.43. The van der Waals surface area contributed by atoms with E-state index in [1.807, 2.05) is 0 Å². The highest BCUT2D eigenvalue weighted by Gasteiger charge is 2.25. The van der Waals surface area contributed by atoms with E-state index in [1.54, 1.807) is 30.4 Å². The topological polar surface area (TPSA) is 104 Å². The van der Waals surface area contributed by atoms with Gasteiger partial charge in [-0.1, -0.05) is 0 Å². The molecule has 2 aromatic heterocycles. The second kappa shape index (κ2) is 5.41. The first-order chi connectivity index (χ1) is 9.74. The number of nitrogen functional groups attached to an aromatic ring is 1. The van der Waals surface area contributed by atoms with Crippen LogP contribution >= 0.6 is 0 Å². The van der Waals surface area contributed by atoms with E-state index in [-0.39, 0.29) is 5.95 Å². The average Bonchev–Trinajstić information content (AvgIpc) is 3.09. The molecular formula is C12H17N7O. The molecule has 1 fully saturated rings. The first kappa shape index (κ1) is 12.8. The Balaban J connectivity index is 1.77. The van der Waals surface area contributed by atoms with Gasteiger partial charge in [0.05, 0.1) is 6.10 Å². The Labute approximate surface area is 116 Å². The molecule has 8 heteroatoms. The van der Waals surface area contributed by atoms with Crippen LogP contribution < -0.4 is 11.1 Å². The first-order valence-corrected chi connectivity index (χ1v) is 6.54. The second-order valence-corrected chi connectivity index (χ2v) is 4.80. The van der Waals surface area contributed by atoms with Crippen molar-refractivity contribution in [2.24, 2.45) is 0 Å².